The third-order valence-electron chi connectivity index (χ3n) is 4.22. The second-order valence-corrected chi connectivity index (χ2v) is 6.17. The Bertz CT molecular complexity index is 696. The highest BCUT2D eigenvalue weighted by molar-refractivity contribution is 5.59. The highest BCUT2D eigenvalue weighted by Crippen LogP contribution is 2.35. The van der Waals surface area contributed by atoms with E-state index in [1.165, 1.54) is 19.0 Å². The molecule has 3 N–H and O–H groups in total. The molecule has 0 atom stereocenters. The van der Waals surface area contributed by atoms with Gasteiger partial charge in [-0.25, -0.2) is 0 Å². The topological polar surface area (TPSA) is 80.8 Å². The van der Waals surface area contributed by atoms with Gasteiger partial charge in [-0.05, 0) is 30.9 Å². The van der Waals surface area contributed by atoms with Gasteiger partial charge < -0.3 is 25.2 Å². The zero-order valence-corrected chi connectivity index (χ0v) is 14.0. The first kappa shape index (κ1) is 16.2. The molecule has 0 spiro atoms. The fourth-order valence-corrected chi connectivity index (χ4v) is 2.50. The van der Waals surface area contributed by atoms with Gasteiger partial charge in [0.05, 0.1) is 31.8 Å². The summed E-state index contributed by atoms with van der Waals surface area (Å²) in [7, 11) is 3.57. The van der Waals surface area contributed by atoms with Crippen LogP contribution in [0.3, 0.4) is 0 Å². The largest absolute Gasteiger partial charge is 0.506 e. The molecular weight excluding hydrogens is 306 g/mol. The molecule has 3 rings (SSSR count). The first-order valence-electron chi connectivity index (χ1n) is 8.01. The third-order valence-corrected chi connectivity index (χ3v) is 4.22. The molecule has 1 aliphatic carbocycles. The van der Waals surface area contributed by atoms with E-state index in [9.17, 15) is 5.11 Å². The van der Waals surface area contributed by atoms with E-state index in [0.29, 0.717) is 23.7 Å². The maximum Gasteiger partial charge on any atom is 0.163 e. The zero-order chi connectivity index (χ0) is 17.1. The lowest BCUT2D eigenvalue weighted by molar-refractivity contribution is 0.280. The lowest BCUT2D eigenvalue weighted by atomic mass is 10.2. The number of methoxy groups -OCH3 is 1. The fraction of sp³-hybridized carbons (Fsp3) is 0.389. The van der Waals surface area contributed by atoms with Gasteiger partial charge >= 0.3 is 0 Å². The van der Waals surface area contributed by atoms with E-state index >= 15 is 0 Å². The lowest BCUT2D eigenvalue weighted by Gasteiger charge is -2.22. The molecule has 0 unspecified atom stereocenters. The van der Waals surface area contributed by atoms with Gasteiger partial charge in [0.2, 0.25) is 0 Å². The van der Waals surface area contributed by atoms with Gasteiger partial charge in [0.25, 0.3) is 0 Å². The summed E-state index contributed by atoms with van der Waals surface area (Å²) in [5.41, 5.74) is 8.00. The Balaban J connectivity index is 1.78. The minimum absolute atomic E-state index is 0.0977. The predicted octanol–water partition coefficient (Wildman–Crippen LogP) is 2.80. The molecule has 6 heteroatoms. The van der Waals surface area contributed by atoms with Crippen LogP contribution in [0.15, 0.2) is 30.6 Å². The molecule has 128 valence electrons. The molecule has 0 radical (unpaired) electrons. The number of nitrogens with two attached hydrogens (primary N) is 1. The summed E-state index contributed by atoms with van der Waals surface area (Å²) in [5.74, 6) is 2.23. The molecular formula is C18H23N3O3. The summed E-state index contributed by atoms with van der Waals surface area (Å²) < 4.78 is 11.3. The van der Waals surface area contributed by atoms with E-state index in [2.05, 4.69) is 4.98 Å². The van der Waals surface area contributed by atoms with Crippen LogP contribution >= 0.6 is 0 Å². The van der Waals surface area contributed by atoms with Crippen LogP contribution in [0.1, 0.15) is 18.4 Å². The Kier molecular flexibility index (Phi) is 4.64. The minimum atomic E-state index is 0.0977. The third kappa shape index (κ3) is 3.64. The molecule has 2 aromatic rings. The Labute approximate surface area is 141 Å². The van der Waals surface area contributed by atoms with E-state index < -0.39 is 0 Å². The van der Waals surface area contributed by atoms with E-state index in [4.69, 9.17) is 15.2 Å². The quantitative estimate of drug-likeness (QED) is 0.813. The number of aromatic nitrogens is 1. The van der Waals surface area contributed by atoms with Crippen molar-refractivity contribution in [3.8, 4) is 17.2 Å². The number of nitrogen functional groups attached to an aromatic ring is 1. The molecule has 0 bridgehead atoms. The molecule has 1 fully saturated rings. The summed E-state index contributed by atoms with van der Waals surface area (Å²) in [6.45, 7) is 1.19. The number of hydrogen-bond acceptors (Lipinski definition) is 6. The number of aromatic hydroxyl groups is 1. The van der Waals surface area contributed by atoms with Crippen LogP contribution in [0.2, 0.25) is 0 Å². The normalized spacial score (nSPS) is 13.6. The highest BCUT2D eigenvalue weighted by Gasteiger charge is 2.22. The van der Waals surface area contributed by atoms with Crippen molar-refractivity contribution >= 4 is 11.4 Å². The Hall–Kier alpha value is -2.63. The number of anilines is 2. The molecule has 1 aromatic carbocycles. The Morgan fingerprint density at radius 3 is 2.75 bits per heavy atom. The Morgan fingerprint density at radius 2 is 2.08 bits per heavy atom. The predicted molar refractivity (Wildman–Crippen MR) is 93.6 cm³/mol. The van der Waals surface area contributed by atoms with Crippen LogP contribution in [0.5, 0.6) is 17.2 Å². The van der Waals surface area contributed by atoms with Gasteiger partial charge in [0, 0.05) is 30.9 Å². The average Bonchev–Trinajstić information content (AvgIpc) is 3.40. The number of hydrogen-bond donors (Lipinski definition) is 2. The van der Waals surface area contributed by atoms with E-state index in [1.807, 2.05) is 30.1 Å². The zero-order valence-electron chi connectivity index (χ0n) is 14.0. The van der Waals surface area contributed by atoms with Crippen molar-refractivity contribution in [3.05, 3.63) is 36.2 Å². The van der Waals surface area contributed by atoms with Gasteiger partial charge in [-0.1, -0.05) is 0 Å². The molecule has 24 heavy (non-hydrogen) atoms. The van der Waals surface area contributed by atoms with Gasteiger partial charge in [0.15, 0.2) is 11.5 Å². The molecule has 6 nitrogen and oxygen atoms in total. The van der Waals surface area contributed by atoms with Gasteiger partial charge in [-0.3, -0.25) is 4.98 Å². The minimum Gasteiger partial charge on any atom is -0.506 e. The highest BCUT2D eigenvalue weighted by atomic mass is 16.5. The molecule has 1 aromatic heterocycles. The van der Waals surface area contributed by atoms with Crippen LogP contribution < -0.4 is 20.1 Å². The lowest BCUT2D eigenvalue weighted by Crippen LogP contribution is -2.17. The van der Waals surface area contributed by atoms with Crippen LogP contribution in [0.4, 0.5) is 11.4 Å². The maximum absolute atomic E-state index is 9.96. The van der Waals surface area contributed by atoms with Crippen molar-refractivity contribution in [3.63, 3.8) is 0 Å². The summed E-state index contributed by atoms with van der Waals surface area (Å²) in [6.07, 6.45) is 5.42. The number of benzene rings is 1. The van der Waals surface area contributed by atoms with Crippen LogP contribution in [0, 0.1) is 5.92 Å². The smallest absolute Gasteiger partial charge is 0.163 e. The summed E-state index contributed by atoms with van der Waals surface area (Å²) >= 11 is 0. The second kappa shape index (κ2) is 6.86. The molecule has 0 aliphatic heterocycles. The SMILES string of the molecule is COc1ccc(N(C)Cc2c(N)cncc2O)cc1OCC1CC1. The molecule has 0 amide bonds. The van der Waals surface area contributed by atoms with Crippen molar-refractivity contribution in [2.24, 2.45) is 5.92 Å². The van der Waals surface area contributed by atoms with Crippen molar-refractivity contribution in [1.29, 1.82) is 0 Å². The van der Waals surface area contributed by atoms with Crippen LogP contribution in [-0.2, 0) is 6.54 Å². The van der Waals surface area contributed by atoms with Crippen molar-refractivity contribution < 1.29 is 14.6 Å². The van der Waals surface area contributed by atoms with Gasteiger partial charge in [-0.15, -0.1) is 0 Å². The maximum atomic E-state index is 9.96. The van der Waals surface area contributed by atoms with Crippen molar-refractivity contribution in [2.75, 3.05) is 31.4 Å². The monoisotopic (exact) mass is 329 g/mol. The number of rotatable bonds is 7. The van der Waals surface area contributed by atoms with Gasteiger partial charge in [0.1, 0.15) is 5.75 Å². The number of pyridine rings is 1. The molecule has 1 heterocycles. The van der Waals surface area contributed by atoms with Crippen LogP contribution in [0.25, 0.3) is 0 Å². The average molecular weight is 329 g/mol. The fourth-order valence-electron chi connectivity index (χ4n) is 2.50. The Morgan fingerprint density at radius 1 is 1.29 bits per heavy atom. The van der Waals surface area contributed by atoms with Crippen molar-refractivity contribution in [2.45, 2.75) is 19.4 Å². The number of ether oxygens (including phenoxy) is 2. The first-order chi connectivity index (χ1) is 11.6. The van der Waals surface area contributed by atoms with E-state index in [0.717, 1.165) is 23.8 Å². The van der Waals surface area contributed by atoms with E-state index in [1.54, 1.807) is 13.3 Å². The second-order valence-electron chi connectivity index (χ2n) is 6.17. The molecule has 1 saturated carbocycles. The van der Waals surface area contributed by atoms with Gasteiger partial charge in [-0.2, -0.15) is 0 Å². The number of nitrogens with zero attached hydrogens (tertiary/aromatic N) is 2. The standard InChI is InChI=1S/C18H23N3O3/c1-21(10-14-15(19)8-20-9-16(14)22)13-5-6-17(23-2)18(7-13)24-11-12-3-4-12/h5-9,12,22H,3-4,10-11,19H2,1-2H3. The molecule has 1 aliphatic rings. The van der Waals surface area contributed by atoms with Crippen molar-refractivity contribution in [1.82, 2.24) is 4.98 Å². The first-order valence-corrected chi connectivity index (χ1v) is 8.01. The molecule has 0 saturated heterocycles. The summed E-state index contributed by atoms with van der Waals surface area (Å²) in [4.78, 5) is 5.87. The van der Waals surface area contributed by atoms with E-state index in [-0.39, 0.29) is 5.75 Å². The van der Waals surface area contributed by atoms with Crippen LogP contribution in [-0.4, -0.2) is 30.9 Å². The summed E-state index contributed by atoms with van der Waals surface area (Å²) in [6, 6.07) is 5.80. The summed E-state index contributed by atoms with van der Waals surface area (Å²) in [5, 5.41) is 9.96.